The molecule has 1 N–H and O–H groups in total. The lowest BCUT2D eigenvalue weighted by atomic mass is 9.81. The van der Waals surface area contributed by atoms with E-state index in [1.165, 1.54) is 19.3 Å². The van der Waals surface area contributed by atoms with Crippen molar-refractivity contribution in [2.24, 2.45) is 5.41 Å². The Morgan fingerprint density at radius 2 is 2.33 bits per heavy atom. The van der Waals surface area contributed by atoms with Gasteiger partial charge in [0, 0.05) is 37.9 Å². The van der Waals surface area contributed by atoms with Crippen LogP contribution >= 0.6 is 0 Å². The molecular formula is C17H29N3O. The van der Waals surface area contributed by atoms with Crippen LogP contribution in [0.15, 0.2) is 24.4 Å². The highest BCUT2D eigenvalue weighted by atomic mass is 16.5. The molecule has 4 nitrogen and oxygen atoms in total. The molecule has 21 heavy (non-hydrogen) atoms. The lowest BCUT2D eigenvalue weighted by molar-refractivity contribution is -0.0237. The van der Waals surface area contributed by atoms with Crippen molar-refractivity contribution in [3.8, 4) is 0 Å². The molecule has 0 aliphatic carbocycles. The monoisotopic (exact) mass is 291 g/mol. The lowest BCUT2D eigenvalue weighted by Crippen LogP contribution is -2.48. The average molecular weight is 291 g/mol. The number of hydrogen-bond acceptors (Lipinski definition) is 4. The van der Waals surface area contributed by atoms with Gasteiger partial charge in [-0.15, -0.1) is 0 Å². The summed E-state index contributed by atoms with van der Waals surface area (Å²) in [6.45, 7) is 8.09. The quantitative estimate of drug-likeness (QED) is 0.746. The van der Waals surface area contributed by atoms with E-state index in [9.17, 15) is 0 Å². The van der Waals surface area contributed by atoms with Crippen molar-refractivity contribution < 1.29 is 4.74 Å². The van der Waals surface area contributed by atoms with Crippen molar-refractivity contribution in [2.45, 2.75) is 32.7 Å². The number of pyridine rings is 1. The number of aromatic nitrogens is 1. The fourth-order valence-electron chi connectivity index (χ4n) is 3.16. The van der Waals surface area contributed by atoms with Crippen LogP contribution < -0.4 is 5.32 Å². The smallest absolute Gasteiger partial charge is 0.0546 e. The lowest BCUT2D eigenvalue weighted by Gasteiger charge is -2.40. The van der Waals surface area contributed by atoms with Crippen molar-refractivity contribution >= 4 is 0 Å². The minimum atomic E-state index is 0.247. The van der Waals surface area contributed by atoms with E-state index in [4.69, 9.17) is 4.74 Å². The molecule has 4 heteroatoms. The van der Waals surface area contributed by atoms with E-state index in [0.717, 1.165) is 45.1 Å². The highest BCUT2D eigenvalue weighted by molar-refractivity contribution is 5.03. The third-order valence-electron chi connectivity index (χ3n) is 4.09. The Morgan fingerprint density at radius 1 is 1.43 bits per heavy atom. The highest BCUT2D eigenvalue weighted by Crippen LogP contribution is 2.29. The Morgan fingerprint density at radius 3 is 3.00 bits per heavy atom. The Kier molecular flexibility index (Phi) is 6.61. The molecule has 1 aliphatic rings. The molecule has 2 heterocycles. The van der Waals surface area contributed by atoms with Gasteiger partial charge < -0.3 is 10.1 Å². The van der Waals surface area contributed by atoms with E-state index in [-0.39, 0.29) is 5.41 Å². The number of nitrogens with one attached hydrogen (secondary N) is 1. The van der Waals surface area contributed by atoms with E-state index in [2.05, 4.69) is 41.3 Å². The zero-order valence-corrected chi connectivity index (χ0v) is 13.5. The van der Waals surface area contributed by atoms with Crippen LogP contribution in [0.25, 0.3) is 0 Å². The van der Waals surface area contributed by atoms with Crippen LogP contribution in [0.2, 0.25) is 0 Å². The van der Waals surface area contributed by atoms with Gasteiger partial charge in [0.1, 0.15) is 0 Å². The van der Waals surface area contributed by atoms with Crippen molar-refractivity contribution in [2.75, 3.05) is 39.9 Å². The Bertz CT molecular complexity index is 390. The van der Waals surface area contributed by atoms with Crippen LogP contribution in [-0.4, -0.2) is 49.8 Å². The Labute approximate surface area is 128 Å². The fraction of sp³-hybridized carbons (Fsp3) is 0.706. The van der Waals surface area contributed by atoms with Gasteiger partial charge in [0.2, 0.25) is 0 Å². The van der Waals surface area contributed by atoms with Crippen LogP contribution in [0.4, 0.5) is 0 Å². The summed E-state index contributed by atoms with van der Waals surface area (Å²) in [4.78, 5) is 6.80. The topological polar surface area (TPSA) is 37.4 Å². The molecule has 1 fully saturated rings. The molecule has 0 aromatic carbocycles. The van der Waals surface area contributed by atoms with Gasteiger partial charge in [-0.2, -0.15) is 0 Å². The van der Waals surface area contributed by atoms with Crippen molar-refractivity contribution in [3.63, 3.8) is 0 Å². The van der Waals surface area contributed by atoms with Crippen LogP contribution in [0.5, 0.6) is 0 Å². The van der Waals surface area contributed by atoms with Crippen LogP contribution in [0.1, 0.15) is 31.9 Å². The summed E-state index contributed by atoms with van der Waals surface area (Å²) in [6.07, 6.45) is 5.47. The molecule has 1 aromatic rings. The van der Waals surface area contributed by atoms with E-state index in [1.807, 2.05) is 12.3 Å². The van der Waals surface area contributed by atoms with Gasteiger partial charge in [-0.3, -0.25) is 9.88 Å². The summed E-state index contributed by atoms with van der Waals surface area (Å²) in [5.74, 6) is 0. The fourth-order valence-corrected chi connectivity index (χ4v) is 3.16. The second kappa shape index (κ2) is 8.47. The molecular weight excluding hydrogens is 262 g/mol. The van der Waals surface area contributed by atoms with Crippen LogP contribution in [0.3, 0.4) is 0 Å². The van der Waals surface area contributed by atoms with E-state index in [1.54, 1.807) is 0 Å². The molecule has 2 rings (SSSR count). The number of rotatable bonds is 8. The zero-order chi connectivity index (χ0) is 15.0. The normalized spacial score (nSPS) is 22.6. The molecule has 0 bridgehead atoms. The minimum absolute atomic E-state index is 0.247. The summed E-state index contributed by atoms with van der Waals surface area (Å²) in [5.41, 5.74) is 1.38. The SMILES string of the molecule is CCCNCC1(CN(C)Cc2ccccn2)CCCOC1. The molecule has 1 aliphatic heterocycles. The van der Waals surface area contributed by atoms with Gasteiger partial charge in [-0.05, 0) is 45.0 Å². The summed E-state index contributed by atoms with van der Waals surface area (Å²) in [6, 6.07) is 6.11. The molecule has 0 spiro atoms. The van der Waals surface area contributed by atoms with Crippen molar-refractivity contribution in [3.05, 3.63) is 30.1 Å². The first-order valence-electron chi connectivity index (χ1n) is 8.11. The first-order valence-corrected chi connectivity index (χ1v) is 8.11. The number of ether oxygens (including phenoxy) is 1. The predicted molar refractivity (Wildman–Crippen MR) is 86.2 cm³/mol. The van der Waals surface area contributed by atoms with E-state index >= 15 is 0 Å². The summed E-state index contributed by atoms with van der Waals surface area (Å²) < 4.78 is 5.78. The second-order valence-electron chi connectivity index (χ2n) is 6.33. The summed E-state index contributed by atoms with van der Waals surface area (Å²) in [7, 11) is 2.19. The predicted octanol–water partition coefficient (Wildman–Crippen LogP) is 2.31. The van der Waals surface area contributed by atoms with Crippen LogP contribution in [-0.2, 0) is 11.3 Å². The third kappa shape index (κ3) is 5.38. The number of nitrogens with zero attached hydrogens (tertiary/aromatic N) is 2. The first kappa shape index (κ1) is 16.4. The first-order chi connectivity index (χ1) is 10.2. The van der Waals surface area contributed by atoms with Crippen LogP contribution in [0, 0.1) is 5.41 Å². The van der Waals surface area contributed by atoms with E-state index < -0.39 is 0 Å². The Hall–Kier alpha value is -0.970. The molecule has 1 aromatic heterocycles. The van der Waals surface area contributed by atoms with Gasteiger partial charge >= 0.3 is 0 Å². The van der Waals surface area contributed by atoms with Crippen molar-refractivity contribution in [1.29, 1.82) is 0 Å². The zero-order valence-electron chi connectivity index (χ0n) is 13.5. The largest absolute Gasteiger partial charge is 0.381 e. The summed E-state index contributed by atoms with van der Waals surface area (Å²) >= 11 is 0. The molecule has 118 valence electrons. The maximum absolute atomic E-state index is 5.78. The molecule has 0 radical (unpaired) electrons. The third-order valence-corrected chi connectivity index (χ3v) is 4.09. The highest BCUT2D eigenvalue weighted by Gasteiger charge is 2.33. The maximum atomic E-state index is 5.78. The van der Waals surface area contributed by atoms with E-state index in [0.29, 0.717) is 0 Å². The average Bonchev–Trinajstić information content (AvgIpc) is 2.49. The molecule has 0 amide bonds. The molecule has 1 atom stereocenters. The van der Waals surface area contributed by atoms with Gasteiger partial charge in [0.15, 0.2) is 0 Å². The van der Waals surface area contributed by atoms with Crippen molar-refractivity contribution in [1.82, 2.24) is 15.2 Å². The molecule has 0 saturated carbocycles. The standard InChI is InChI=1S/C17H29N3O/c1-3-9-18-13-17(8-6-11-21-15-17)14-20(2)12-16-7-4-5-10-19-16/h4-5,7,10,18H,3,6,8-9,11-15H2,1-2H3. The van der Waals surface area contributed by atoms with Gasteiger partial charge in [0.25, 0.3) is 0 Å². The van der Waals surface area contributed by atoms with Gasteiger partial charge in [0.05, 0.1) is 12.3 Å². The molecule has 1 saturated heterocycles. The second-order valence-corrected chi connectivity index (χ2v) is 6.33. The summed E-state index contributed by atoms with van der Waals surface area (Å²) in [5, 5.41) is 3.59. The Balaban J connectivity index is 1.90. The maximum Gasteiger partial charge on any atom is 0.0546 e. The molecule has 1 unspecified atom stereocenters. The minimum Gasteiger partial charge on any atom is -0.381 e. The van der Waals surface area contributed by atoms with Gasteiger partial charge in [-0.25, -0.2) is 0 Å². The number of hydrogen-bond donors (Lipinski definition) is 1. The van der Waals surface area contributed by atoms with Gasteiger partial charge in [-0.1, -0.05) is 13.0 Å².